The lowest BCUT2D eigenvalue weighted by atomic mass is 10.1. The quantitative estimate of drug-likeness (QED) is 0.863. The molecule has 2 heterocycles. The molecule has 27 heavy (non-hydrogen) atoms. The van der Waals surface area contributed by atoms with Crippen LogP contribution in [0.2, 0.25) is 0 Å². The van der Waals surface area contributed by atoms with E-state index >= 15 is 0 Å². The van der Waals surface area contributed by atoms with Crippen molar-refractivity contribution in [2.24, 2.45) is 0 Å². The Kier molecular flexibility index (Phi) is 4.58. The first-order valence-corrected chi connectivity index (χ1v) is 8.99. The number of fused-ring (bicyclic) bond motifs is 1. The molecule has 0 unspecified atom stereocenters. The molecule has 7 nitrogen and oxygen atoms in total. The summed E-state index contributed by atoms with van der Waals surface area (Å²) in [5.74, 6) is 1.43. The lowest BCUT2D eigenvalue weighted by molar-refractivity contribution is -0.119. The number of nitrogens with zero attached hydrogens (tertiary/aromatic N) is 1. The zero-order valence-electron chi connectivity index (χ0n) is 15.1. The van der Waals surface area contributed by atoms with Gasteiger partial charge in [-0.25, -0.2) is 4.79 Å². The largest absolute Gasteiger partial charge is 0.454 e. The predicted molar refractivity (Wildman–Crippen MR) is 103 cm³/mol. The minimum atomic E-state index is -0.352. The van der Waals surface area contributed by atoms with E-state index in [0.29, 0.717) is 29.3 Å². The number of hydrogen-bond donors (Lipinski definition) is 2. The van der Waals surface area contributed by atoms with Crippen LogP contribution in [0, 0.1) is 6.92 Å². The summed E-state index contributed by atoms with van der Waals surface area (Å²) >= 11 is 0. The number of carbonyl (C=O) groups is 2. The molecule has 2 aliphatic heterocycles. The highest BCUT2D eigenvalue weighted by molar-refractivity contribution is 6.00. The van der Waals surface area contributed by atoms with Crippen LogP contribution in [0.4, 0.5) is 21.9 Å². The smallest absolute Gasteiger partial charge is 0.323 e. The number of hydrogen-bond acceptors (Lipinski definition) is 4. The van der Waals surface area contributed by atoms with Gasteiger partial charge in [0, 0.05) is 36.1 Å². The summed E-state index contributed by atoms with van der Waals surface area (Å²) in [4.78, 5) is 26.2. The van der Waals surface area contributed by atoms with Crippen LogP contribution in [0.15, 0.2) is 36.4 Å². The van der Waals surface area contributed by atoms with Crippen LogP contribution in [-0.2, 0) is 4.79 Å². The molecular weight excluding hydrogens is 346 g/mol. The van der Waals surface area contributed by atoms with Gasteiger partial charge in [0.2, 0.25) is 12.7 Å². The first-order valence-electron chi connectivity index (χ1n) is 8.99. The second-order valence-electron chi connectivity index (χ2n) is 6.65. The predicted octanol–water partition coefficient (Wildman–Crippen LogP) is 3.88. The van der Waals surface area contributed by atoms with Gasteiger partial charge in [0.15, 0.2) is 11.5 Å². The summed E-state index contributed by atoms with van der Waals surface area (Å²) in [5, 5.41) is 5.59. The molecule has 0 aromatic heterocycles. The van der Waals surface area contributed by atoms with Gasteiger partial charge in [-0.3, -0.25) is 4.79 Å². The Morgan fingerprint density at radius 2 is 1.74 bits per heavy atom. The van der Waals surface area contributed by atoms with Crippen molar-refractivity contribution in [3.63, 3.8) is 0 Å². The first-order chi connectivity index (χ1) is 13.1. The molecule has 2 aromatic carbocycles. The maximum atomic E-state index is 12.3. The highest BCUT2D eigenvalue weighted by atomic mass is 16.7. The molecule has 140 valence electrons. The highest BCUT2D eigenvalue weighted by Gasteiger charge is 2.21. The van der Waals surface area contributed by atoms with Crippen molar-refractivity contribution in [2.45, 2.75) is 26.2 Å². The van der Waals surface area contributed by atoms with Crippen LogP contribution >= 0.6 is 0 Å². The Labute approximate surface area is 157 Å². The lowest BCUT2D eigenvalue weighted by Gasteiger charge is -2.28. The molecule has 2 N–H and O–H groups in total. The number of anilines is 3. The fourth-order valence-electron chi connectivity index (χ4n) is 3.36. The average Bonchev–Trinajstić information content (AvgIpc) is 3.10. The molecule has 4 rings (SSSR count). The fourth-order valence-corrected chi connectivity index (χ4v) is 3.36. The molecule has 0 saturated carbocycles. The molecule has 0 spiro atoms. The summed E-state index contributed by atoms with van der Waals surface area (Å²) in [5.41, 5.74) is 3.13. The van der Waals surface area contributed by atoms with Gasteiger partial charge in [0.25, 0.3) is 0 Å². The van der Waals surface area contributed by atoms with E-state index in [1.165, 1.54) is 0 Å². The summed E-state index contributed by atoms with van der Waals surface area (Å²) in [6.45, 7) is 2.88. The van der Waals surface area contributed by atoms with Gasteiger partial charge in [-0.1, -0.05) is 0 Å². The molecule has 3 amide bonds. The number of amides is 3. The summed E-state index contributed by atoms with van der Waals surface area (Å²) in [6, 6.07) is 10.4. The van der Waals surface area contributed by atoms with Crippen LogP contribution < -0.4 is 25.0 Å². The number of ether oxygens (including phenoxy) is 2. The Morgan fingerprint density at radius 3 is 2.52 bits per heavy atom. The second kappa shape index (κ2) is 7.19. The van der Waals surface area contributed by atoms with E-state index in [-0.39, 0.29) is 18.7 Å². The van der Waals surface area contributed by atoms with Crippen LogP contribution in [-0.4, -0.2) is 25.3 Å². The molecular formula is C20H21N3O4. The standard InChI is InChI=1S/C20H21N3O4/c1-13-10-14(5-7-16(13)23-9-3-2-4-19(23)24)21-20(25)22-15-6-8-17-18(11-15)27-12-26-17/h5-8,10-11H,2-4,9,12H2,1H3,(H2,21,22,25). The minimum absolute atomic E-state index is 0.158. The maximum Gasteiger partial charge on any atom is 0.323 e. The van der Waals surface area contributed by atoms with Crippen molar-refractivity contribution in [3.05, 3.63) is 42.0 Å². The third-order valence-electron chi connectivity index (χ3n) is 4.70. The summed E-state index contributed by atoms with van der Waals surface area (Å²) < 4.78 is 10.6. The third kappa shape index (κ3) is 3.67. The fraction of sp³-hybridized carbons (Fsp3) is 0.300. The molecule has 0 aliphatic carbocycles. The zero-order valence-corrected chi connectivity index (χ0v) is 15.1. The van der Waals surface area contributed by atoms with Crippen LogP contribution in [0.3, 0.4) is 0 Å². The number of nitrogens with one attached hydrogen (secondary N) is 2. The Hall–Kier alpha value is -3.22. The zero-order chi connectivity index (χ0) is 18.8. The van der Waals surface area contributed by atoms with Crippen LogP contribution in [0.1, 0.15) is 24.8 Å². The SMILES string of the molecule is Cc1cc(NC(=O)Nc2ccc3c(c2)OCO3)ccc1N1CCCCC1=O. The van der Waals surface area contributed by atoms with Gasteiger partial charge in [-0.15, -0.1) is 0 Å². The van der Waals surface area contributed by atoms with E-state index in [1.54, 1.807) is 18.2 Å². The van der Waals surface area contributed by atoms with Gasteiger partial charge in [-0.05, 0) is 55.7 Å². The van der Waals surface area contributed by atoms with Gasteiger partial charge >= 0.3 is 6.03 Å². The van der Waals surface area contributed by atoms with Crippen molar-refractivity contribution in [2.75, 3.05) is 28.9 Å². The number of urea groups is 1. The highest BCUT2D eigenvalue weighted by Crippen LogP contribution is 2.34. The number of aryl methyl sites for hydroxylation is 1. The van der Waals surface area contributed by atoms with Crippen molar-refractivity contribution in [3.8, 4) is 11.5 Å². The van der Waals surface area contributed by atoms with Crippen molar-refractivity contribution >= 4 is 29.0 Å². The monoisotopic (exact) mass is 367 g/mol. The first kappa shape index (κ1) is 17.2. The minimum Gasteiger partial charge on any atom is -0.454 e. The molecule has 1 fully saturated rings. The molecule has 0 radical (unpaired) electrons. The van der Waals surface area contributed by atoms with E-state index in [9.17, 15) is 9.59 Å². The molecule has 7 heteroatoms. The number of rotatable bonds is 3. The lowest BCUT2D eigenvalue weighted by Crippen LogP contribution is -2.35. The molecule has 0 atom stereocenters. The Bertz CT molecular complexity index is 897. The van der Waals surface area contributed by atoms with Crippen LogP contribution in [0.5, 0.6) is 11.5 Å². The van der Waals surface area contributed by atoms with Crippen molar-refractivity contribution < 1.29 is 19.1 Å². The topological polar surface area (TPSA) is 79.9 Å². The van der Waals surface area contributed by atoms with Gasteiger partial charge in [0.1, 0.15) is 0 Å². The number of benzene rings is 2. The normalized spacial score (nSPS) is 15.6. The number of piperidine rings is 1. The third-order valence-corrected chi connectivity index (χ3v) is 4.70. The maximum absolute atomic E-state index is 12.3. The number of carbonyl (C=O) groups excluding carboxylic acids is 2. The second-order valence-corrected chi connectivity index (χ2v) is 6.65. The van der Waals surface area contributed by atoms with Gasteiger partial charge in [0.05, 0.1) is 0 Å². The van der Waals surface area contributed by atoms with E-state index in [2.05, 4.69) is 10.6 Å². The van der Waals surface area contributed by atoms with E-state index in [1.807, 2.05) is 30.0 Å². The molecule has 2 aliphatic rings. The molecule has 2 aromatic rings. The summed E-state index contributed by atoms with van der Waals surface area (Å²) in [6.07, 6.45) is 2.56. The Balaban J connectivity index is 1.42. The van der Waals surface area contributed by atoms with Crippen molar-refractivity contribution in [1.82, 2.24) is 0 Å². The Morgan fingerprint density at radius 1 is 1.00 bits per heavy atom. The van der Waals surface area contributed by atoms with E-state index in [0.717, 1.165) is 30.6 Å². The van der Waals surface area contributed by atoms with Crippen LogP contribution in [0.25, 0.3) is 0 Å². The van der Waals surface area contributed by atoms with E-state index < -0.39 is 0 Å². The van der Waals surface area contributed by atoms with Gasteiger partial charge < -0.3 is 25.0 Å². The molecule has 1 saturated heterocycles. The average molecular weight is 367 g/mol. The van der Waals surface area contributed by atoms with Gasteiger partial charge in [-0.2, -0.15) is 0 Å². The van der Waals surface area contributed by atoms with E-state index in [4.69, 9.17) is 9.47 Å². The summed E-state index contributed by atoms with van der Waals surface area (Å²) in [7, 11) is 0. The molecule has 0 bridgehead atoms. The van der Waals surface area contributed by atoms with Crippen molar-refractivity contribution in [1.29, 1.82) is 0 Å².